The fourth-order valence-electron chi connectivity index (χ4n) is 11.1. The quantitative estimate of drug-likeness (QED) is 0.109. The largest absolute Gasteiger partial charge is 0.471 e. The molecule has 3 aliphatic carbocycles. The number of rotatable bonds is 13. The minimum atomic E-state index is -4.89. The van der Waals surface area contributed by atoms with Gasteiger partial charge in [-0.1, -0.05) is 84.0 Å². The van der Waals surface area contributed by atoms with Gasteiger partial charge in [0.15, 0.2) is 0 Å². The van der Waals surface area contributed by atoms with E-state index in [2.05, 4.69) is 41.3 Å². The molecular formula is C46H86ClF6N9O8S3. The smallest absolute Gasteiger partial charge is 0.346 e. The molecule has 3 saturated heterocycles. The Kier molecular flexibility index (Phi) is 26.9. The first kappa shape index (κ1) is 65.7. The van der Waals surface area contributed by atoms with Gasteiger partial charge in [-0.2, -0.15) is 35.0 Å². The van der Waals surface area contributed by atoms with Crippen LogP contribution < -0.4 is 21.7 Å². The Labute approximate surface area is 436 Å². The molecule has 3 saturated carbocycles. The van der Waals surface area contributed by atoms with Crippen LogP contribution in [0.25, 0.3) is 0 Å². The average Bonchev–Trinajstić information content (AvgIpc) is 3.89. The molecule has 3 heterocycles. The second kappa shape index (κ2) is 29.9. The van der Waals surface area contributed by atoms with Crippen LogP contribution in [0, 0.1) is 0 Å². The Balaban J connectivity index is 0.000000275. The van der Waals surface area contributed by atoms with Gasteiger partial charge in [0.2, 0.25) is 29.1 Å². The predicted molar refractivity (Wildman–Crippen MR) is 273 cm³/mol. The Morgan fingerprint density at radius 2 is 0.767 bits per heavy atom. The molecule has 0 radical (unpaired) electrons. The summed E-state index contributed by atoms with van der Waals surface area (Å²) in [5.74, 6) is -3.47. The van der Waals surface area contributed by atoms with Crippen molar-refractivity contribution in [2.75, 3.05) is 115 Å². The number of nitrogens with zero attached hydrogens (tertiary/aromatic N) is 5. The summed E-state index contributed by atoms with van der Waals surface area (Å²) < 4.78 is 145. The van der Waals surface area contributed by atoms with E-state index in [-0.39, 0.29) is 41.4 Å². The van der Waals surface area contributed by atoms with Gasteiger partial charge in [-0.3, -0.25) is 24.3 Å². The molecule has 27 heteroatoms. The lowest BCUT2D eigenvalue weighted by atomic mass is 9.87. The van der Waals surface area contributed by atoms with Crippen LogP contribution in [0.1, 0.15) is 136 Å². The molecule has 0 unspecified atom stereocenters. The molecule has 0 atom stereocenters. The second-order valence-corrected chi connectivity index (χ2v) is 27.7. The van der Waals surface area contributed by atoms with Crippen molar-refractivity contribution in [1.82, 2.24) is 39.3 Å². The van der Waals surface area contributed by atoms with E-state index < -0.39 is 58.8 Å². The summed E-state index contributed by atoms with van der Waals surface area (Å²) in [7, 11) is -4.79. The number of sulfonamides is 2. The number of carbonyl (C=O) groups is 2. The van der Waals surface area contributed by atoms with Crippen LogP contribution >= 0.6 is 10.7 Å². The van der Waals surface area contributed by atoms with Gasteiger partial charge in [0.25, 0.3) is 0 Å². The van der Waals surface area contributed by atoms with Crippen molar-refractivity contribution < 1.29 is 61.2 Å². The molecule has 17 nitrogen and oxygen atoms in total. The maximum atomic E-state index is 12.6. The van der Waals surface area contributed by atoms with Crippen molar-refractivity contribution in [3.63, 3.8) is 0 Å². The Hall–Kier alpha value is -1.62. The summed E-state index contributed by atoms with van der Waals surface area (Å²) in [6.45, 7) is 13.5. The molecule has 0 spiro atoms. The molecule has 6 aliphatic rings. The lowest BCUT2D eigenvalue weighted by molar-refractivity contribution is -0.174. The summed E-state index contributed by atoms with van der Waals surface area (Å²) in [6, 6.07) is 0. The summed E-state index contributed by atoms with van der Waals surface area (Å²) in [5, 5.41) is 7.47. The minimum absolute atomic E-state index is 0.00849. The molecule has 0 aromatic carbocycles. The Bertz CT molecular complexity index is 1980. The molecule has 6 fully saturated rings. The van der Waals surface area contributed by atoms with Crippen LogP contribution in [-0.4, -0.2) is 205 Å². The minimum Gasteiger partial charge on any atom is -0.346 e. The molecule has 6 rings (SSSR count). The van der Waals surface area contributed by atoms with Crippen molar-refractivity contribution >= 4 is 51.6 Å². The topological polar surface area (TPSA) is 215 Å². The van der Waals surface area contributed by atoms with Gasteiger partial charge in [-0.05, 0) is 52.4 Å². The molecule has 5 N–H and O–H groups in total. The van der Waals surface area contributed by atoms with E-state index >= 15 is 0 Å². The molecule has 73 heavy (non-hydrogen) atoms. The van der Waals surface area contributed by atoms with E-state index in [9.17, 15) is 61.2 Å². The maximum absolute atomic E-state index is 12.6. The summed E-state index contributed by atoms with van der Waals surface area (Å²) in [6.07, 6.45) is 9.09. The predicted octanol–water partition coefficient (Wildman–Crippen LogP) is 4.97. The van der Waals surface area contributed by atoms with Gasteiger partial charge in [0.1, 0.15) is 0 Å². The SMILES string of the molecule is CCS(=O)(=O)Cl.CCS(=O)(=O)N1CCN(C2(CN)CCCCCC2)CC1.CCS(=O)(=O)N1CCN(C2(CNC(=O)C(F)(F)F)CCCCCC2)CC1.O=C(NCC1(N2CCNCC2)CCCCCC1)C(F)(F)F. The monoisotopic (exact) mass is 1140 g/mol. The lowest BCUT2D eigenvalue weighted by Crippen LogP contribution is -2.62. The molecule has 0 aromatic heterocycles. The number of piperazine rings is 3. The zero-order valence-corrected chi connectivity index (χ0v) is 46.6. The van der Waals surface area contributed by atoms with Crippen LogP contribution in [0.5, 0.6) is 0 Å². The number of nitrogens with one attached hydrogen (secondary N) is 3. The Morgan fingerprint density at radius 1 is 0.493 bits per heavy atom. The third-order valence-corrected chi connectivity index (χ3v) is 20.7. The van der Waals surface area contributed by atoms with E-state index in [4.69, 9.17) is 5.73 Å². The van der Waals surface area contributed by atoms with Gasteiger partial charge in [-0.25, -0.2) is 25.3 Å². The van der Waals surface area contributed by atoms with Gasteiger partial charge < -0.3 is 21.7 Å². The van der Waals surface area contributed by atoms with Crippen molar-refractivity contribution in [3.8, 4) is 0 Å². The van der Waals surface area contributed by atoms with E-state index in [0.717, 1.165) is 103 Å². The zero-order valence-electron chi connectivity index (χ0n) is 43.4. The van der Waals surface area contributed by atoms with E-state index in [1.165, 1.54) is 49.8 Å². The van der Waals surface area contributed by atoms with E-state index in [1.807, 2.05) is 0 Å². The number of amides is 2. The van der Waals surface area contributed by atoms with E-state index in [1.54, 1.807) is 18.2 Å². The first-order chi connectivity index (χ1) is 34.1. The van der Waals surface area contributed by atoms with Gasteiger partial charge >= 0.3 is 24.2 Å². The summed E-state index contributed by atoms with van der Waals surface area (Å²) in [5.41, 5.74) is 5.40. The number of nitrogens with two attached hydrogens (primary N) is 1. The number of hydrogen-bond acceptors (Lipinski definition) is 13. The second-order valence-electron chi connectivity index (χ2n) is 20.1. The highest BCUT2D eigenvalue weighted by molar-refractivity contribution is 8.13. The molecule has 430 valence electrons. The average molecular weight is 1140 g/mol. The van der Waals surface area contributed by atoms with Gasteiger partial charge in [0, 0.05) is 125 Å². The molecular weight excluding hydrogens is 1050 g/mol. The summed E-state index contributed by atoms with van der Waals surface area (Å²) >= 11 is 0. The summed E-state index contributed by atoms with van der Waals surface area (Å²) in [4.78, 5) is 29.3. The van der Waals surface area contributed by atoms with Crippen LogP contribution in [0.3, 0.4) is 0 Å². The third kappa shape index (κ3) is 20.9. The fourth-order valence-corrected chi connectivity index (χ4v) is 13.3. The van der Waals surface area contributed by atoms with Crippen LogP contribution in [0.4, 0.5) is 26.3 Å². The van der Waals surface area contributed by atoms with E-state index in [0.29, 0.717) is 58.7 Å². The molecule has 0 bridgehead atoms. The number of halogens is 7. The van der Waals surface area contributed by atoms with Crippen LogP contribution in [0.2, 0.25) is 0 Å². The zero-order chi connectivity index (χ0) is 54.6. The molecule has 0 aromatic rings. The van der Waals surface area contributed by atoms with Crippen molar-refractivity contribution in [2.24, 2.45) is 5.73 Å². The first-order valence-corrected chi connectivity index (χ1v) is 32.1. The fraction of sp³-hybridized carbons (Fsp3) is 0.957. The third-order valence-electron chi connectivity index (χ3n) is 15.6. The van der Waals surface area contributed by atoms with Crippen LogP contribution in [-0.2, 0) is 38.7 Å². The maximum Gasteiger partial charge on any atom is 0.471 e. The lowest BCUT2D eigenvalue weighted by Gasteiger charge is -2.47. The first-order valence-electron chi connectivity index (χ1n) is 26.4. The number of carbonyl (C=O) groups excluding carboxylic acids is 2. The van der Waals surface area contributed by atoms with Gasteiger partial charge in [0.05, 0.1) is 17.3 Å². The van der Waals surface area contributed by atoms with Crippen molar-refractivity contribution in [2.45, 2.75) is 165 Å². The highest BCUT2D eigenvalue weighted by Gasteiger charge is 2.45. The van der Waals surface area contributed by atoms with Crippen LogP contribution in [0.15, 0.2) is 0 Å². The number of alkyl halides is 6. The normalized spacial score (nSPS) is 23.5. The molecule has 2 amide bonds. The standard InChI is InChI=1S/C16H28F3N3O3S.C14H24F3N3O.C14H29N3O2S.C2H5ClO2S/c1-2-26(24,25)22-11-9-21(10-12-22)15(7-5-3-4-6-8-15)13-20-14(23)16(17,18)19;15-14(16,17)12(21)19-11-13(5-3-1-2-4-6-13)20-9-7-18-8-10-20;1-2-20(18,19)17-11-9-16(10-12-17)14(13-15)7-5-3-4-6-8-14;1-2-6(3,4)5/h2-13H2,1H3,(H,20,23);18H,1-11H2,(H,19,21);2-13,15H2,1H3;2H2,1H3. The molecule has 3 aliphatic heterocycles. The highest BCUT2D eigenvalue weighted by atomic mass is 35.7. The highest BCUT2D eigenvalue weighted by Crippen LogP contribution is 2.36. The van der Waals surface area contributed by atoms with Gasteiger partial charge in [-0.15, -0.1) is 0 Å². The Morgan fingerprint density at radius 3 is 1.03 bits per heavy atom. The number of hydrogen-bond donors (Lipinski definition) is 4. The van der Waals surface area contributed by atoms with Crippen molar-refractivity contribution in [1.29, 1.82) is 0 Å². The van der Waals surface area contributed by atoms with Crippen molar-refractivity contribution in [3.05, 3.63) is 0 Å².